The largest absolute Gasteiger partial charge is 0.334 e. The summed E-state index contributed by atoms with van der Waals surface area (Å²) in [4.78, 5) is 14.5. The van der Waals surface area contributed by atoms with Crippen LogP contribution in [0.1, 0.15) is 48.2 Å². The zero-order valence-electron chi connectivity index (χ0n) is 12.4. The number of carbonyl (C=O) groups is 1. The number of alkyl halides is 1. The smallest absolute Gasteiger partial charge is 0.254 e. The molecule has 0 saturated heterocycles. The van der Waals surface area contributed by atoms with Crippen LogP contribution in [-0.2, 0) is 0 Å². The summed E-state index contributed by atoms with van der Waals surface area (Å²) >= 11 is 5.85. The number of rotatable bonds is 6. The van der Waals surface area contributed by atoms with Crippen molar-refractivity contribution < 1.29 is 4.79 Å². The van der Waals surface area contributed by atoms with Crippen LogP contribution in [0.5, 0.6) is 0 Å². The van der Waals surface area contributed by atoms with Gasteiger partial charge in [0.15, 0.2) is 0 Å². The molecular weight excluding hydrogens is 258 g/mol. The normalized spacial score (nSPS) is 10.8. The maximum absolute atomic E-state index is 12.6. The van der Waals surface area contributed by atoms with Crippen LogP contribution in [0.25, 0.3) is 0 Å². The summed E-state index contributed by atoms with van der Waals surface area (Å²) < 4.78 is 0. The van der Waals surface area contributed by atoms with Gasteiger partial charge in [0, 0.05) is 24.0 Å². The molecule has 0 N–H and O–H groups in total. The number of nitrogens with zero attached hydrogens (tertiary/aromatic N) is 1. The van der Waals surface area contributed by atoms with Gasteiger partial charge in [0.1, 0.15) is 0 Å². The Labute approximate surface area is 121 Å². The van der Waals surface area contributed by atoms with Crippen LogP contribution in [0, 0.1) is 13.8 Å². The minimum atomic E-state index is 0.0949. The third kappa shape index (κ3) is 3.97. The predicted octanol–water partition coefficient (Wildman–Crippen LogP) is 4.17. The molecule has 0 aliphatic carbocycles. The summed E-state index contributed by atoms with van der Waals surface area (Å²) in [5.41, 5.74) is 3.13. The summed E-state index contributed by atoms with van der Waals surface area (Å²) in [5, 5.41) is 0. The summed E-state index contributed by atoms with van der Waals surface area (Å²) in [5.74, 6) is 0.574. The lowest BCUT2D eigenvalue weighted by Crippen LogP contribution is -2.41. The van der Waals surface area contributed by atoms with E-state index in [1.807, 2.05) is 30.0 Å². The molecule has 0 aliphatic heterocycles. The summed E-state index contributed by atoms with van der Waals surface area (Å²) in [6.07, 6.45) is 1.92. The van der Waals surface area contributed by atoms with E-state index in [-0.39, 0.29) is 11.9 Å². The molecule has 2 nitrogen and oxygen atoms in total. The first-order chi connectivity index (χ1) is 9.04. The summed E-state index contributed by atoms with van der Waals surface area (Å²) in [6.45, 7) is 8.93. The van der Waals surface area contributed by atoms with E-state index < -0.39 is 0 Å². The van der Waals surface area contributed by atoms with E-state index in [4.69, 9.17) is 11.6 Å². The minimum Gasteiger partial charge on any atom is -0.334 e. The topological polar surface area (TPSA) is 20.3 Å². The second kappa shape index (κ2) is 7.54. The van der Waals surface area contributed by atoms with Crippen molar-refractivity contribution in [2.75, 3.05) is 12.4 Å². The third-order valence-electron chi connectivity index (χ3n) is 3.72. The molecule has 0 aromatic heterocycles. The Hall–Kier alpha value is -1.02. The molecule has 0 unspecified atom stereocenters. The SMILES string of the molecule is CCC(CC)N(CCCl)C(=O)c1ccc(C)c(C)c1. The second-order valence-electron chi connectivity index (χ2n) is 4.96. The average Bonchev–Trinajstić information content (AvgIpc) is 2.41. The molecule has 3 heteroatoms. The van der Waals surface area contributed by atoms with Crippen LogP contribution in [0.15, 0.2) is 18.2 Å². The average molecular weight is 282 g/mol. The molecule has 1 aromatic carbocycles. The summed E-state index contributed by atoms with van der Waals surface area (Å²) in [6, 6.07) is 6.16. The van der Waals surface area contributed by atoms with Crippen molar-refractivity contribution in [3.8, 4) is 0 Å². The maximum Gasteiger partial charge on any atom is 0.254 e. The van der Waals surface area contributed by atoms with Crippen molar-refractivity contribution >= 4 is 17.5 Å². The van der Waals surface area contributed by atoms with Gasteiger partial charge in [-0.15, -0.1) is 11.6 Å². The molecule has 19 heavy (non-hydrogen) atoms. The first-order valence-electron chi connectivity index (χ1n) is 6.99. The van der Waals surface area contributed by atoms with Crippen LogP contribution < -0.4 is 0 Å². The molecule has 1 rings (SSSR count). The van der Waals surface area contributed by atoms with E-state index in [1.165, 1.54) is 5.56 Å². The van der Waals surface area contributed by atoms with Crippen molar-refractivity contribution in [3.63, 3.8) is 0 Å². The molecule has 0 fully saturated rings. The van der Waals surface area contributed by atoms with Crippen molar-refractivity contribution in [3.05, 3.63) is 34.9 Å². The zero-order chi connectivity index (χ0) is 14.4. The Morgan fingerprint density at radius 2 is 1.84 bits per heavy atom. The van der Waals surface area contributed by atoms with Crippen LogP contribution in [0.2, 0.25) is 0 Å². The first kappa shape index (κ1) is 16.0. The lowest BCUT2D eigenvalue weighted by molar-refractivity contribution is 0.0681. The van der Waals surface area contributed by atoms with Gasteiger partial charge in [-0.2, -0.15) is 0 Å². The van der Waals surface area contributed by atoms with Gasteiger partial charge in [-0.3, -0.25) is 4.79 Å². The minimum absolute atomic E-state index is 0.0949. The van der Waals surface area contributed by atoms with Crippen molar-refractivity contribution in [1.82, 2.24) is 4.90 Å². The number of hydrogen-bond donors (Lipinski definition) is 0. The zero-order valence-corrected chi connectivity index (χ0v) is 13.1. The number of benzene rings is 1. The van der Waals surface area contributed by atoms with E-state index in [9.17, 15) is 4.79 Å². The van der Waals surface area contributed by atoms with Gasteiger partial charge in [-0.05, 0) is 49.9 Å². The van der Waals surface area contributed by atoms with Gasteiger partial charge in [-0.25, -0.2) is 0 Å². The van der Waals surface area contributed by atoms with Crippen molar-refractivity contribution in [2.24, 2.45) is 0 Å². The highest BCUT2D eigenvalue weighted by Gasteiger charge is 2.21. The molecule has 0 aliphatic rings. The Kier molecular flexibility index (Phi) is 6.36. The fraction of sp³-hybridized carbons (Fsp3) is 0.562. The highest BCUT2D eigenvalue weighted by molar-refractivity contribution is 6.18. The molecule has 0 bridgehead atoms. The molecular formula is C16H24ClNO. The Bertz CT molecular complexity index is 427. The molecule has 1 aromatic rings. The quantitative estimate of drug-likeness (QED) is 0.717. The third-order valence-corrected chi connectivity index (χ3v) is 3.89. The summed E-state index contributed by atoms with van der Waals surface area (Å²) in [7, 11) is 0. The Morgan fingerprint density at radius 1 is 1.21 bits per heavy atom. The van der Waals surface area contributed by atoms with Crippen molar-refractivity contribution in [2.45, 2.75) is 46.6 Å². The predicted molar refractivity (Wildman–Crippen MR) is 82.0 cm³/mol. The highest BCUT2D eigenvalue weighted by atomic mass is 35.5. The van der Waals surface area contributed by atoms with E-state index in [0.717, 1.165) is 24.0 Å². The van der Waals surface area contributed by atoms with E-state index in [0.29, 0.717) is 12.4 Å². The van der Waals surface area contributed by atoms with Gasteiger partial charge in [-0.1, -0.05) is 19.9 Å². The molecule has 0 saturated carbocycles. The fourth-order valence-electron chi connectivity index (χ4n) is 2.31. The van der Waals surface area contributed by atoms with E-state index >= 15 is 0 Å². The standard InChI is InChI=1S/C16H24ClNO/c1-5-15(6-2)18(10-9-17)16(19)14-8-7-12(3)13(4)11-14/h7-8,11,15H,5-6,9-10H2,1-4H3. The lowest BCUT2D eigenvalue weighted by Gasteiger charge is -2.30. The van der Waals surface area contributed by atoms with E-state index in [1.54, 1.807) is 0 Å². The van der Waals surface area contributed by atoms with Gasteiger partial charge in [0.25, 0.3) is 5.91 Å². The maximum atomic E-state index is 12.6. The molecule has 0 heterocycles. The Morgan fingerprint density at radius 3 is 2.32 bits per heavy atom. The number of halogens is 1. The van der Waals surface area contributed by atoms with Crippen LogP contribution in [-0.4, -0.2) is 29.3 Å². The van der Waals surface area contributed by atoms with Gasteiger partial charge in [0.2, 0.25) is 0 Å². The van der Waals surface area contributed by atoms with Crippen LogP contribution in [0.4, 0.5) is 0 Å². The molecule has 0 spiro atoms. The lowest BCUT2D eigenvalue weighted by atomic mass is 10.0. The van der Waals surface area contributed by atoms with E-state index in [2.05, 4.69) is 20.8 Å². The Balaban J connectivity index is 3.01. The molecule has 0 radical (unpaired) electrons. The van der Waals surface area contributed by atoms with Crippen LogP contribution >= 0.6 is 11.6 Å². The molecule has 106 valence electrons. The molecule has 0 atom stereocenters. The highest BCUT2D eigenvalue weighted by Crippen LogP contribution is 2.16. The monoisotopic (exact) mass is 281 g/mol. The second-order valence-corrected chi connectivity index (χ2v) is 5.33. The van der Waals surface area contributed by atoms with Crippen molar-refractivity contribution in [1.29, 1.82) is 0 Å². The van der Waals surface area contributed by atoms with Gasteiger partial charge < -0.3 is 4.90 Å². The first-order valence-corrected chi connectivity index (χ1v) is 7.52. The number of carbonyl (C=O) groups excluding carboxylic acids is 1. The van der Waals surface area contributed by atoms with Gasteiger partial charge >= 0.3 is 0 Å². The van der Waals surface area contributed by atoms with Crippen LogP contribution in [0.3, 0.4) is 0 Å². The number of hydrogen-bond acceptors (Lipinski definition) is 1. The van der Waals surface area contributed by atoms with Gasteiger partial charge in [0.05, 0.1) is 0 Å². The fourth-order valence-corrected chi connectivity index (χ4v) is 2.49. The number of amides is 1. The molecule has 1 amide bonds. The number of aryl methyl sites for hydroxylation is 2.